The Morgan fingerprint density at radius 3 is 2.43 bits per heavy atom. The van der Waals surface area contributed by atoms with E-state index in [1.807, 2.05) is 13.8 Å². The van der Waals surface area contributed by atoms with Gasteiger partial charge in [0.2, 0.25) is 10.0 Å². The van der Waals surface area contributed by atoms with Crippen LogP contribution in [0.15, 0.2) is 0 Å². The van der Waals surface area contributed by atoms with Gasteiger partial charge in [-0.15, -0.1) is 11.6 Å². The van der Waals surface area contributed by atoms with E-state index in [1.54, 1.807) is 0 Å². The summed E-state index contributed by atoms with van der Waals surface area (Å²) in [6.45, 7) is 4.35. The number of hydrogen-bond acceptors (Lipinski definition) is 2. The van der Waals surface area contributed by atoms with Gasteiger partial charge in [0.05, 0.1) is 5.75 Å². The van der Waals surface area contributed by atoms with E-state index < -0.39 is 10.0 Å². The fourth-order valence-electron chi connectivity index (χ4n) is 1.04. The molecular weight excluding hydrogens is 222 g/mol. The Morgan fingerprint density at radius 1 is 1.29 bits per heavy atom. The third kappa shape index (κ3) is 7.59. The van der Waals surface area contributed by atoms with E-state index in [2.05, 4.69) is 4.72 Å². The summed E-state index contributed by atoms with van der Waals surface area (Å²) in [6, 6.07) is 0. The van der Waals surface area contributed by atoms with Crippen molar-refractivity contribution < 1.29 is 8.42 Å². The number of rotatable bonds is 8. The number of halogens is 1. The van der Waals surface area contributed by atoms with Crippen molar-refractivity contribution in [2.75, 3.05) is 12.3 Å². The van der Waals surface area contributed by atoms with E-state index in [1.165, 1.54) is 0 Å². The molecule has 0 aromatic rings. The molecule has 0 amide bonds. The van der Waals surface area contributed by atoms with E-state index in [0.717, 1.165) is 19.3 Å². The van der Waals surface area contributed by atoms with Crippen LogP contribution in [0.2, 0.25) is 0 Å². The van der Waals surface area contributed by atoms with Gasteiger partial charge in [0.15, 0.2) is 0 Å². The van der Waals surface area contributed by atoms with Gasteiger partial charge in [-0.3, -0.25) is 0 Å². The summed E-state index contributed by atoms with van der Waals surface area (Å²) in [6.07, 6.45) is 3.42. The van der Waals surface area contributed by atoms with Gasteiger partial charge in [-0.05, 0) is 12.8 Å². The first-order valence-electron chi connectivity index (χ1n) is 5.13. The average Bonchev–Trinajstić information content (AvgIpc) is 2.13. The van der Waals surface area contributed by atoms with E-state index in [0.29, 0.717) is 13.0 Å². The quantitative estimate of drug-likeness (QED) is 0.662. The summed E-state index contributed by atoms with van der Waals surface area (Å²) >= 11 is 5.89. The first-order valence-corrected chi connectivity index (χ1v) is 7.22. The van der Waals surface area contributed by atoms with Gasteiger partial charge < -0.3 is 0 Å². The molecule has 0 bridgehead atoms. The van der Waals surface area contributed by atoms with Gasteiger partial charge in [0, 0.05) is 11.9 Å². The second-order valence-electron chi connectivity index (χ2n) is 3.41. The minimum atomic E-state index is -3.09. The molecule has 0 aliphatic carbocycles. The normalized spacial score (nSPS) is 14.2. The highest BCUT2D eigenvalue weighted by molar-refractivity contribution is 7.89. The van der Waals surface area contributed by atoms with Gasteiger partial charge in [-0.2, -0.15) is 0 Å². The summed E-state index contributed by atoms with van der Waals surface area (Å²) in [5.41, 5.74) is 0. The predicted octanol–water partition coefficient (Wildman–Crippen LogP) is 2.11. The van der Waals surface area contributed by atoms with Crippen LogP contribution in [-0.4, -0.2) is 26.1 Å². The van der Waals surface area contributed by atoms with Gasteiger partial charge in [0.25, 0.3) is 0 Å². The Bertz CT molecular complexity index is 229. The Morgan fingerprint density at radius 2 is 1.93 bits per heavy atom. The van der Waals surface area contributed by atoms with Crippen molar-refractivity contribution in [1.29, 1.82) is 0 Å². The Labute approximate surface area is 92.3 Å². The molecule has 0 heterocycles. The van der Waals surface area contributed by atoms with Crippen LogP contribution in [0, 0.1) is 0 Å². The number of sulfonamides is 1. The molecule has 0 fully saturated rings. The largest absolute Gasteiger partial charge is 0.214 e. The number of alkyl halides is 1. The molecule has 0 saturated carbocycles. The summed E-state index contributed by atoms with van der Waals surface area (Å²) in [5.74, 6) is 0.208. The number of unbranched alkanes of at least 4 members (excludes halogenated alkanes) is 1. The average molecular weight is 242 g/mol. The van der Waals surface area contributed by atoms with Crippen molar-refractivity contribution in [3.05, 3.63) is 0 Å². The summed E-state index contributed by atoms with van der Waals surface area (Å²) in [7, 11) is -3.09. The van der Waals surface area contributed by atoms with Crippen molar-refractivity contribution in [3.8, 4) is 0 Å². The lowest BCUT2D eigenvalue weighted by atomic mass is 10.2. The molecule has 0 aliphatic heterocycles. The molecule has 0 aromatic heterocycles. The molecule has 0 aromatic carbocycles. The minimum Gasteiger partial charge on any atom is -0.214 e. The van der Waals surface area contributed by atoms with Crippen LogP contribution in [0.25, 0.3) is 0 Å². The maximum atomic E-state index is 11.3. The molecule has 14 heavy (non-hydrogen) atoms. The Kier molecular flexibility index (Phi) is 7.59. The Balaban J connectivity index is 3.75. The number of nitrogens with one attached hydrogen (secondary N) is 1. The highest BCUT2D eigenvalue weighted by atomic mass is 35.5. The Hall–Kier alpha value is 0.200. The highest BCUT2D eigenvalue weighted by Gasteiger charge is 2.11. The third-order valence-corrected chi connectivity index (χ3v) is 3.70. The van der Waals surface area contributed by atoms with Crippen molar-refractivity contribution >= 4 is 21.6 Å². The third-order valence-electron chi connectivity index (χ3n) is 1.89. The molecule has 0 saturated heterocycles. The van der Waals surface area contributed by atoms with E-state index in [4.69, 9.17) is 11.6 Å². The summed E-state index contributed by atoms with van der Waals surface area (Å²) < 4.78 is 25.2. The molecule has 1 N–H and O–H groups in total. The van der Waals surface area contributed by atoms with Crippen LogP contribution in [0.1, 0.15) is 39.5 Å². The van der Waals surface area contributed by atoms with E-state index >= 15 is 0 Å². The first kappa shape index (κ1) is 14.2. The van der Waals surface area contributed by atoms with Crippen LogP contribution in [0.3, 0.4) is 0 Å². The lowest BCUT2D eigenvalue weighted by Crippen LogP contribution is -2.31. The van der Waals surface area contributed by atoms with Crippen LogP contribution < -0.4 is 4.72 Å². The highest BCUT2D eigenvalue weighted by Crippen LogP contribution is 2.04. The molecule has 3 nitrogen and oxygen atoms in total. The molecule has 1 atom stereocenters. The zero-order chi connectivity index (χ0) is 11.0. The second-order valence-corrected chi connectivity index (χ2v) is 5.95. The standard InChI is InChI=1S/C9H20ClNO2S/c1-3-5-7-14(12,13)11-8-9(10)6-4-2/h9,11H,3-8H2,1-2H3. The van der Waals surface area contributed by atoms with Gasteiger partial charge >= 0.3 is 0 Å². The molecule has 5 heteroatoms. The molecule has 1 unspecified atom stereocenters. The van der Waals surface area contributed by atoms with Crippen molar-refractivity contribution in [3.63, 3.8) is 0 Å². The van der Waals surface area contributed by atoms with E-state index in [9.17, 15) is 8.42 Å². The molecular formula is C9H20ClNO2S. The van der Waals surface area contributed by atoms with Gasteiger partial charge in [0.1, 0.15) is 0 Å². The number of hydrogen-bond donors (Lipinski definition) is 1. The smallest absolute Gasteiger partial charge is 0.211 e. The monoisotopic (exact) mass is 241 g/mol. The maximum absolute atomic E-state index is 11.3. The zero-order valence-corrected chi connectivity index (χ0v) is 10.5. The molecule has 0 rings (SSSR count). The predicted molar refractivity (Wildman–Crippen MR) is 61.2 cm³/mol. The zero-order valence-electron chi connectivity index (χ0n) is 8.92. The fraction of sp³-hybridized carbons (Fsp3) is 1.00. The van der Waals surface area contributed by atoms with Crippen molar-refractivity contribution in [1.82, 2.24) is 4.72 Å². The van der Waals surface area contributed by atoms with Gasteiger partial charge in [-0.25, -0.2) is 13.1 Å². The van der Waals surface area contributed by atoms with Crippen molar-refractivity contribution in [2.24, 2.45) is 0 Å². The fourth-order valence-corrected chi connectivity index (χ4v) is 2.69. The van der Waals surface area contributed by atoms with Crippen LogP contribution in [-0.2, 0) is 10.0 Å². The molecule has 0 radical (unpaired) electrons. The second kappa shape index (κ2) is 7.49. The van der Waals surface area contributed by atoms with Crippen LogP contribution in [0.5, 0.6) is 0 Å². The molecule has 86 valence electrons. The van der Waals surface area contributed by atoms with Gasteiger partial charge in [-0.1, -0.05) is 26.7 Å². The molecule has 0 spiro atoms. The van der Waals surface area contributed by atoms with Crippen LogP contribution >= 0.6 is 11.6 Å². The maximum Gasteiger partial charge on any atom is 0.211 e. The van der Waals surface area contributed by atoms with Crippen molar-refractivity contribution in [2.45, 2.75) is 44.9 Å². The summed E-state index contributed by atoms with van der Waals surface area (Å²) in [5, 5.41) is -0.0867. The summed E-state index contributed by atoms with van der Waals surface area (Å²) in [4.78, 5) is 0. The lowest BCUT2D eigenvalue weighted by Gasteiger charge is -2.09. The van der Waals surface area contributed by atoms with E-state index in [-0.39, 0.29) is 11.1 Å². The minimum absolute atomic E-state index is 0.0867. The lowest BCUT2D eigenvalue weighted by molar-refractivity contribution is 0.573. The first-order chi connectivity index (χ1) is 6.52. The van der Waals surface area contributed by atoms with Crippen LogP contribution in [0.4, 0.5) is 0 Å². The SMILES string of the molecule is CCCCS(=O)(=O)NCC(Cl)CCC. The topological polar surface area (TPSA) is 46.2 Å². The molecule has 0 aliphatic rings.